The molecule has 2 heteroatoms. The van der Waals surface area contributed by atoms with E-state index >= 15 is 0 Å². The van der Waals surface area contributed by atoms with Crippen molar-refractivity contribution in [1.29, 1.82) is 0 Å². The molecule has 0 aliphatic rings. The van der Waals surface area contributed by atoms with Gasteiger partial charge < -0.3 is 4.57 Å². The largest absolute Gasteiger partial charge is 0.346 e. The summed E-state index contributed by atoms with van der Waals surface area (Å²) in [6.07, 6.45) is 2.13. The summed E-state index contributed by atoms with van der Waals surface area (Å²) in [6, 6.07) is 8.36. The fourth-order valence-electron chi connectivity index (χ4n) is 1.66. The smallest absolute Gasteiger partial charge is 0.0696 e. The maximum absolute atomic E-state index is 5.60. The highest BCUT2D eigenvalue weighted by Crippen LogP contribution is 2.20. The van der Waals surface area contributed by atoms with Gasteiger partial charge >= 0.3 is 0 Å². The standard InChI is InChI=1S/C11H11ClN/c1-9-8-13(7-6-12)11-5-3-2-4-10(9)11/h2-6,8H,7H2,1H3. The molecule has 0 N–H and O–H groups in total. The van der Waals surface area contributed by atoms with Gasteiger partial charge in [0.05, 0.1) is 5.88 Å². The SMILES string of the molecule is Cc1cn(C[CH]Cl)c2ccccc12. The summed E-state index contributed by atoms with van der Waals surface area (Å²) in [6.45, 7) is 2.88. The second-order valence-corrected chi connectivity index (χ2v) is 3.44. The van der Waals surface area contributed by atoms with Crippen LogP contribution in [-0.4, -0.2) is 4.57 Å². The van der Waals surface area contributed by atoms with Crippen LogP contribution in [0, 0.1) is 12.8 Å². The monoisotopic (exact) mass is 192 g/mol. The van der Waals surface area contributed by atoms with Crippen molar-refractivity contribution in [3.8, 4) is 0 Å². The van der Waals surface area contributed by atoms with E-state index in [1.165, 1.54) is 16.5 Å². The molecule has 0 saturated carbocycles. The molecule has 1 nitrogen and oxygen atoms in total. The van der Waals surface area contributed by atoms with Crippen molar-refractivity contribution in [2.45, 2.75) is 13.5 Å². The Morgan fingerprint density at radius 3 is 2.92 bits per heavy atom. The first-order chi connectivity index (χ1) is 6.33. The minimum absolute atomic E-state index is 0.760. The van der Waals surface area contributed by atoms with Crippen molar-refractivity contribution < 1.29 is 0 Å². The van der Waals surface area contributed by atoms with E-state index < -0.39 is 0 Å². The van der Waals surface area contributed by atoms with E-state index in [1.54, 1.807) is 5.88 Å². The first-order valence-corrected chi connectivity index (χ1v) is 4.73. The molecule has 0 saturated heterocycles. The zero-order valence-electron chi connectivity index (χ0n) is 7.50. The van der Waals surface area contributed by atoms with Gasteiger partial charge in [-0.25, -0.2) is 0 Å². The lowest BCUT2D eigenvalue weighted by Gasteiger charge is -1.99. The third-order valence-corrected chi connectivity index (χ3v) is 2.39. The van der Waals surface area contributed by atoms with E-state index in [9.17, 15) is 0 Å². The Balaban J connectivity index is 2.63. The van der Waals surface area contributed by atoms with E-state index in [0.29, 0.717) is 0 Å². The lowest BCUT2D eigenvalue weighted by Crippen LogP contribution is -1.92. The fraction of sp³-hybridized carbons (Fsp3) is 0.182. The molecule has 0 aliphatic heterocycles. The molecule has 1 heterocycles. The molecule has 1 aromatic heterocycles. The second kappa shape index (κ2) is 3.43. The van der Waals surface area contributed by atoms with Crippen LogP contribution in [0.1, 0.15) is 5.56 Å². The Morgan fingerprint density at radius 2 is 2.15 bits per heavy atom. The molecule has 0 unspecified atom stereocenters. The predicted octanol–water partition coefficient (Wildman–Crippen LogP) is 3.35. The Morgan fingerprint density at radius 1 is 1.38 bits per heavy atom. The van der Waals surface area contributed by atoms with E-state index in [-0.39, 0.29) is 0 Å². The minimum atomic E-state index is 0.760. The van der Waals surface area contributed by atoms with Crippen LogP contribution < -0.4 is 0 Å². The van der Waals surface area contributed by atoms with Crippen molar-refractivity contribution in [1.82, 2.24) is 4.57 Å². The van der Waals surface area contributed by atoms with Crippen LogP contribution in [0.15, 0.2) is 30.5 Å². The number of hydrogen-bond acceptors (Lipinski definition) is 0. The maximum atomic E-state index is 5.60. The number of fused-ring (bicyclic) bond motifs is 1. The lowest BCUT2D eigenvalue weighted by molar-refractivity contribution is 0.845. The first kappa shape index (κ1) is 8.64. The molecule has 2 rings (SSSR count). The third-order valence-electron chi connectivity index (χ3n) is 2.25. The fourth-order valence-corrected chi connectivity index (χ4v) is 1.80. The Labute approximate surface area is 82.9 Å². The summed E-state index contributed by atoms with van der Waals surface area (Å²) in [5.74, 6) is 1.64. The second-order valence-electron chi connectivity index (χ2n) is 3.14. The van der Waals surface area contributed by atoms with E-state index in [1.807, 2.05) is 6.07 Å². The highest BCUT2D eigenvalue weighted by molar-refractivity contribution is 6.23. The van der Waals surface area contributed by atoms with Crippen LogP contribution in [0.4, 0.5) is 0 Å². The van der Waals surface area contributed by atoms with Gasteiger partial charge in [0.2, 0.25) is 0 Å². The van der Waals surface area contributed by atoms with Crippen LogP contribution >= 0.6 is 11.6 Å². The van der Waals surface area contributed by atoms with Crippen molar-refractivity contribution >= 4 is 22.5 Å². The Kier molecular flexibility index (Phi) is 2.28. The van der Waals surface area contributed by atoms with E-state index in [0.717, 1.165) is 6.54 Å². The van der Waals surface area contributed by atoms with Crippen LogP contribution in [-0.2, 0) is 6.54 Å². The van der Waals surface area contributed by atoms with Crippen molar-refractivity contribution in [3.05, 3.63) is 41.9 Å². The van der Waals surface area contributed by atoms with Crippen molar-refractivity contribution in [2.24, 2.45) is 0 Å². The summed E-state index contributed by atoms with van der Waals surface area (Å²) in [5, 5.41) is 1.31. The molecular formula is C11H11ClN. The van der Waals surface area contributed by atoms with Crippen LogP contribution in [0.2, 0.25) is 0 Å². The van der Waals surface area contributed by atoms with Gasteiger partial charge in [0, 0.05) is 23.6 Å². The number of benzene rings is 1. The molecule has 1 aromatic carbocycles. The molecule has 13 heavy (non-hydrogen) atoms. The molecular weight excluding hydrogens is 182 g/mol. The number of rotatable bonds is 2. The summed E-state index contributed by atoms with van der Waals surface area (Å²) in [7, 11) is 0. The number of aromatic nitrogens is 1. The van der Waals surface area contributed by atoms with Crippen LogP contribution in [0.25, 0.3) is 10.9 Å². The van der Waals surface area contributed by atoms with Crippen molar-refractivity contribution in [2.75, 3.05) is 0 Å². The van der Waals surface area contributed by atoms with Crippen LogP contribution in [0.3, 0.4) is 0 Å². The van der Waals surface area contributed by atoms with Gasteiger partial charge in [0.1, 0.15) is 0 Å². The topological polar surface area (TPSA) is 4.93 Å². The number of para-hydroxylation sites is 1. The highest BCUT2D eigenvalue weighted by atomic mass is 35.5. The normalized spacial score (nSPS) is 10.9. The quantitative estimate of drug-likeness (QED) is 0.688. The van der Waals surface area contributed by atoms with E-state index in [4.69, 9.17) is 11.6 Å². The highest BCUT2D eigenvalue weighted by Gasteiger charge is 2.02. The summed E-state index contributed by atoms with van der Waals surface area (Å²) in [5.41, 5.74) is 2.55. The van der Waals surface area contributed by atoms with Gasteiger partial charge in [-0.05, 0) is 18.6 Å². The Hall–Kier alpha value is -0.950. The molecule has 0 aliphatic carbocycles. The van der Waals surface area contributed by atoms with Gasteiger partial charge in [-0.3, -0.25) is 0 Å². The molecule has 2 aromatic rings. The lowest BCUT2D eigenvalue weighted by atomic mass is 10.2. The molecule has 0 fully saturated rings. The molecule has 0 spiro atoms. The molecule has 0 atom stereocenters. The summed E-state index contributed by atoms with van der Waals surface area (Å²) < 4.78 is 2.15. The zero-order chi connectivity index (χ0) is 9.26. The van der Waals surface area contributed by atoms with Gasteiger partial charge in [0.15, 0.2) is 0 Å². The third kappa shape index (κ3) is 1.44. The predicted molar refractivity (Wildman–Crippen MR) is 56.8 cm³/mol. The van der Waals surface area contributed by atoms with Gasteiger partial charge in [-0.1, -0.05) is 18.2 Å². The average Bonchev–Trinajstić information content (AvgIpc) is 2.46. The average molecular weight is 193 g/mol. The Bertz CT molecular complexity index is 417. The number of aryl methyl sites for hydroxylation is 1. The molecule has 1 radical (unpaired) electrons. The van der Waals surface area contributed by atoms with Gasteiger partial charge in [0.25, 0.3) is 0 Å². The maximum Gasteiger partial charge on any atom is 0.0696 e. The zero-order valence-corrected chi connectivity index (χ0v) is 8.25. The molecule has 0 bridgehead atoms. The molecule has 0 amide bonds. The van der Waals surface area contributed by atoms with Gasteiger partial charge in [-0.2, -0.15) is 0 Å². The minimum Gasteiger partial charge on any atom is -0.346 e. The number of nitrogens with zero attached hydrogens (tertiary/aromatic N) is 1. The van der Waals surface area contributed by atoms with Crippen molar-refractivity contribution in [3.63, 3.8) is 0 Å². The van der Waals surface area contributed by atoms with E-state index in [2.05, 4.69) is 35.9 Å². The number of hydrogen-bond donors (Lipinski definition) is 0. The summed E-state index contributed by atoms with van der Waals surface area (Å²) >= 11 is 5.60. The van der Waals surface area contributed by atoms with Crippen LogP contribution in [0.5, 0.6) is 0 Å². The summed E-state index contributed by atoms with van der Waals surface area (Å²) in [4.78, 5) is 0. The first-order valence-electron chi connectivity index (χ1n) is 4.29. The molecule has 67 valence electrons. The van der Waals surface area contributed by atoms with Gasteiger partial charge in [-0.15, -0.1) is 11.6 Å². The number of halogens is 1.